The average Bonchev–Trinajstić information content (AvgIpc) is 3.41. The molecule has 7 nitrogen and oxygen atoms in total. The number of hydrogen-bond donors (Lipinski definition) is 1. The molecule has 0 radical (unpaired) electrons. The number of aromatic nitrogens is 2. The lowest BCUT2D eigenvalue weighted by atomic mass is 10.0. The molecule has 9 heteroatoms. The maximum absolute atomic E-state index is 11.5. The van der Waals surface area contributed by atoms with Gasteiger partial charge in [-0.05, 0) is 6.08 Å². The summed E-state index contributed by atoms with van der Waals surface area (Å²) in [5.74, 6) is -0.181. The number of rotatable bonds is 10. The van der Waals surface area contributed by atoms with Crippen LogP contribution in [0.15, 0.2) is 28.7 Å². The fourth-order valence-electron chi connectivity index (χ4n) is 2.53. The maximum Gasteiger partial charge on any atom is 0.333 e. The summed E-state index contributed by atoms with van der Waals surface area (Å²) in [7, 11) is 4.43. The monoisotopic (exact) mass is 438 g/mol. The third-order valence-corrected chi connectivity index (χ3v) is 6.29. The molecule has 1 unspecified atom stereocenters. The molecule has 3 atom stereocenters. The number of aliphatic hydroxyl groups excluding tert-OH is 1. The summed E-state index contributed by atoms with van der Waals surface area (Å²) < 4.78 is 15.5. The molecule has 0 aliphatic carbocycles. The Hall–Kier alpha value is -2.07. The van der Waals surface area contributed by atoms with Crippen LogP contribution in [0.25, 0.3) is 16.8 Å². The van der Waals surface area contributed by atoms with Crippen LogP contribution in [-0.2, 0) is 19.0 Å². The van der Waals surface area contributed by atoms with E-state index in [2.05, 4.69) is 14.7 Å². The SMILES string of the molecule is COC(=O)/C=C(/OC)[C@H](C)[C@H](/C=C/c1csc(-c2csc(C(C)CO)n2)n1)OC. The van der Waals surface area contributed by atoms with Crippen molar-refractivity contribution >= 4 is 34.7 Å². The lowest BCUT2D eigenvalue weighted by Gasteiger charge is -2.21. The van der Waals surface area contributed by atoms with Crippen LogP contribution < -0.4 is 0 Å². The highest BCUT2D eigenvalue weighted by Crippen LogP contribution is 2.29. The molecule has 2 aromatic rings. The second-order valence-corrected chi connectivity index (χ2v) is 8.10. The summed E-state index contributed by atoms with van der Waals surface area (Å²) in [6.07, 6.45) is 4.76. The van der Waals surface area contributed by atoms with Crippen molar-refractivity contribution in [2.45, 2.75) is 25.9 Å². The van der Waals surface area contributed by atoms with Gasteiger partial charge in [0.15, 0.2) is 0 Å². The van der Waals surface area contributed by atoms with Crippen molar-refractivity contribution in [1.29, 1.82) is 0 Å². The molecule has 0 amide bonds. The van der Waals surface area contributed by atoms with Gasteiger partial charge in [0.25, 0.3) is 0 Å². The van der Waals surface area contributed by atoms with E-state index in [4.69, 9.17) is 9.47 Å². The summed E-state index contributed by atoms with van der Waals surface area (Å²) in [5.41, 5.74) is 1.61. The summed E-state index contributed by atoms with van der Waals surface area (Å²) >= 11 is 3.03. The van der Waals surface area contributed by atoms with Crippen LogP contribution in [0.5, 0.6) is 0 Å². The van der Waals surface area contributed by atoms with Crippen LogP contribution in [0.2, 0.25) is 0 Å². The lowest BCUT2D eigenvalue weighted by molar-refractivity contribution is -0.135. The summed E-state index contributed by atoms with van der Waals surface area (Å²) in [4.78, 5) is 20.7. The van der Waals surface area contributed by atoms with Gasteiger partial charge >= 0.3 is 5.97 Å². The summed E-state index contributed by atoms with van der Waals surface area (Å²) in [6.45, 7) is 3.92. The zero-order valence-corrected chi connectivity index (χ0v) is 18.8. The Bertz CT molecular complexity index is 859. The minimum atomic E-state index is -0.477. The Balaban J connectivity index is 2.13. The number of ether oxygens (including phenoxy) is 3. The van der Waals surface area contributed by atoms with Crippen molar-refractivity contribution in [2.24, 2.45) is 5.92 Å². The topological polar surface area (TPSA) is 90.8 Å². The van der Waals surface area contributed by atoms with Gasteiger partial charge in [-0.25, -0.2) is 14.8 Å². The van der Waals surface area contributed by atoms with Crippen LogP contribution in [-0.4, -0.2) is 55.1 Å². The van der Waals surface area contributed by atoms with Gasteiger partial charge in [0.2, 0.25) is 0 Å². The Morgan fingerprint density at radius 3 is 2.55 bits per heavy atom. The maximum atomic E-state index is 11.5. The number of thiazole rings is 2. The third kappa shape index (κ3) is 6.20. The molecular weight excluding hydrogens is 412 g/mol. The molecule has 2 heterocycles. The molecule has 0 saturated heterocycles. The number of esters is 1. The largest absolute Gasteiger partial charge is 0.500 e. The molecule has 0 bridgehead atoms. The van der Waals surface area contributed by atoms with Gasteiger partial charge in [0, 0.05) is 29.7 Å². The molecule has 0 aliphatic rings. The molecule has 0 saturated carbocycles. The number of nitrogens with zero attached hydrogens (tertiary/aromatic N) is 2. The number of carbonyl (C=O) groups excluding carboxylic acids is 1. The van der Waals surface area contributed by atoms with E-state index in [1.54, 1.807) is 7.11 Å². The molecule has 29 heavy (non-hydrogen) atoms. The van der Waals surface area contributed by atoms with Gasteiger partial charge in [0.05, 0.1) is 43.7 Å². The molecule has 2 aromatic heterocycles. The minimum Gasteiger partial charge on any atom is -0.500 e. The predicted molar refractivity (Wildman–Crippen MR) is 115 cm³/mol. The fraction of sp³-hybridized carbons (Fsp3) is 0.450. The van der Waals surface area contributed by atoms with Gasteiger partial charge in [-0.3, -0.25) is 0 Å². The van der Waals surface area contributed by atoms with E-state index in [0.29, 0.717) is 5.76 Å². The number of methoxy groups -OCH3 is 3. The average molecular weight is 439 g/mol. The predicted octanol–water partition coefficient (Wildman–Crippen LogP) is 3.73. The van der Waals surface area contributed by atoms with Crippen LogP contribution in [0.4, 0.5) is 0 Å². The first-order valence-corrected chi connectivity index (χ1v) is 10.8. The van der Waals surface area contributed by atoms with Gasteiger partial charge in [-0.15, -0.1) is 22.7 Å². The number of aliphatic hydroxyl groups is 1. The Labute approximate surface area is 178 Å². The van der Waals surface area contributed by atoms with E-state index >= 15 is 0 Å². The van der Waals surface area contributed by atoms with Crippen molar-refractivity contribution in [1.82, 2.24) is 9.97 Å². The number of carbonyl (C=O) groups is 1. The van der Waals surface area contributed by atoms with Crippen molar-refractivity contribution in [2.75, 3.05) is 27.9 Å². The standard InChI is InChI=1S/C20H26N2O5S2/c1-12(9-23)19-22-15(11-29-19)20-21-14(10-28-20)6-7-16(25-3)13(2)17(26-4)8-18(24)27-5/h6-8,10-13,16,23H,9H2,1-5H3/b7-6+,17-8+/t12?,13-,16+/m1/s1. The molecule has 0 aliphatic heterocycles. The highest BCUT2D eigenvalue weighted by molar-refractivity contribution is 7.14. The third-order valence-electron chi connectivity index (χ3n) is 4.33. The normalized spacial score (nSPS) is 15.3. The van der Waals surface area contributed by atoms with Crippen LogP contribution in [0, 0.1) is 5.92 Å². The van der Waals surface area contributed by atoms with Gasteiger partial charge in [-0.2, -0.15) is 0 Å². The highest BCUT2D eigenvalue weighted by Gasteiger charge is 2.21. The van der Waals surface area contributed by atoms with Crippen LogP contribution in [0.1, 0.15) is 30.5 Å². The van der Waals surface area contributed by atoms with E-state index in [1.807, 2.05) is 36.8 Å². The molecule has 158 valence electrons. The lowest BCUT2D eigenvalue weighted by Crippen LogP contribution is -2.21. The van der Waals surface area contributed by atoms with E-state index in [1.165, 1.54) is 43.0 Å². The summed E-state index contributed by atoms with van der Waals surface area (Å²) in [6, 6.07) is 0. The first-order chi connectivity index (χ1) is 13.9. The number of hydrogen-bond acceptors (Lipinski definition) is 9. The molecule has 0 spiro atoms. The molecule has 1 N–H and O–H groups in total. The molecule has 0 aromatic carbocycles. The Kier molecular flexibility index (Phi) is 8.97. The Morgan fingerprint density at radius 2 is 1.93 bits per heavy atom. The van der Waals surface area contributed by atoms with Crippen LogP contribution >= 0.6 is 22.7 Å². The van der Waals surface area contributed by atoms with E-state index in [9.17, 15) is 9.90 Å². The summed E-state index contributed by atoms with van der Waals surface area (Å²) in [5, 5.41) is 14.9. The van der Waals surface area contributed by atoms with Gasteiger partial charge in [-0.1, -0.05) is 19.9 Å². The zero-order chi connectivity index (χ0) is 21.4. The van der Waals surface area contributed by atoms with E-state index in [0.717, 1.165) is 21.4 Å². The minimum absolute atomic E-state index is 0.0186. The second-order valence-electron chi connectivity index (χ2n) is 6.35. The first kappa shape index (κ1) is 23.2. The van der Waals surface area contributed by atoms with Crippen molar-refractivity contribution in [3.8, 4) is 10.7 Å². The van der Waals surface area contributed by atoms with E-state index in [-0.39, 0.29) is 24.5 Å². The zero-order valence-electron chi connectivity index (χ0n) is 17.1. The van der Waals surface area contributed by atoms with E-state index < -0.39 is 5.97 Å². The van der Waals surface area contributed by atoms with Crippen molar-refractivity contribution < 1.29 is 24.1 Å². The van der Waals surface area contributed by atoms with Crippen molar-refractivity contribution in [3.05, 3.63) is 39.4 Å². The highest BCUT2D eigenvalue weighted by atomic mass is 32.1. The fourth-order valence-corrected chi connectivity index (χ4v) is 4.20. The molecular formula is C20H26N2O5S2. The second kappa shape index (κ2) is 11.2. The quantitative estimate of drug-likeness (QED) is 0.343. The Morgan fingerprint density at radius 1 is 1.17 bits per heavy atom. The van der Waals surface area contributed by atoms with Gasteiger partial charge < -0.3 is 19.3 Å². The molecule has 0 fully saturated rings. The van der Waals surface area contributed by atoms with Crippen LogP contribution in [0.3, 0.4) is 0 Å². The van der Waals surface area contributed by atoms with Gasteiger partial charge in [0.1, 0.15) is 16.5 Å². The van der Waals surface area contributed by atoms with Crippen molar-refractivity contribution in [3.63, 3.8) is 0 Å². The smallest absolute Gasteiger partial charge is 0.333 e. The molecule has 2 rings (SSSR count). The first-order valence-electron chi connectivity index (χ1n) is 9.00.